The molecule has 110 valence electrons. The van der Waals surface area contributed by atoms with E-state index in [0.717, 1.165) is 12.1 Å². The first-order valence-corrected chi connectivity index (χ1v) is 5.69. The first kappa shape index (κ1) is 14.7. The van der Waals surface area contributed by atoms with Gasteiger partial charge in [0.15, 0.2) is 5.69 Å². The number of halogens is 3. The van der Waals surface area contributed by atoms with Crippen LogP contribution in [0.4, 0.5) is 19.0 Å². The third-order valence-corrected chi connectivity index (χ3v) is 2.47. The summed E-state index contributed by atoms with van der Waals surface area (Å²) in [5, 5.41) is 18.0. The molecule has 2 N–H and O–H groups in total. The van der Waals surface area contributed by atoms with Gasteiger partial charge in [-0.15, -0.1) is 10.2 Å². The third kappa shape index (κ3) is 3.88. The van der Waals surface area contributed by atoms with Crippen LogP contribution in [0.1, 0.15) is 21.7 Å². The van der Waals surface area contributed by atoms with Crippen LogP contribution in [0.5, 0.6) is 0 Å². The molecule has 0 aliphatic heterocycles. The Morgan fingerprint density at radius 1 is 1.24 bits per heavy atom. The molecule has 0 bridgehead atoms. The number of aromatic carboxylic acids is 1. The minimum absolute atomic E-state index is 0.0697. The molecule has 0 saturated heterocycles. The van der Waals surface area contributed by atoms with E-state index in [0.29, 0.717) is 5.69 Å². The fraction of sp³-hybridized carbons (Fsp3) is 0.167. The van der Waals surface area contributed by atoms with Crippen molar-refractivity contribution in [2.75, 3.05) is 5.32 Å². The van der Waals surface area contributed by atoms with Gasteiger partial charge in [-0.2, -0.15) is 13.2 Å². The largest absolute Gasteiger partial charge is 0.478 e. The van der Waals surface area contributed by atoms with Crippen LogP contribution in [0.25, 0.3) is 0 Å². The van der Waals surface area contributed by atoms with Crippen molar-refractivity contribution in [1.29, 1.82) is 0 Å². The minimum Gasteiger partial charge on any atom is -0.478 e. The van der Waals surface area contributed by atoms with Crippen LogP contribution < -0.4 is 5.32 Å². The maximum absolute atomic E-state index is 12.3. The van der Waals surface area contributed by atoms with Crippen LogP contribution in [0.3, 0.4) is 0 Å². The van der Waals surface area contributed by atoms with Crippen LogP contribution in [0, 0.1) is 0 Å². The quantitative estimate of drug-likeness (QED) is 0.899. The second-order valence-corrected chi connectivity index (χ2v) is 4.00. The number of nitrogens with one attached hydrogen (secondary N) is 1. The third-order valence-electron chi connectivity index (χ3n) is 2.47. The van der Waals surface area contributed by atoms with Crippen molar-refractivity contribution in [3.8, 4) is 0 Å². The summed E-state index contributed by atoms with van der Waals surface area (Å²) in [4.78, 5) is 14.7. The van der Waals surface area contributed by atoms with Gasteiger partial charge in [0.2, 0.25) is 0 Å². The maximum Gasteiger partial charge on any atom is 0.435 e. The van der Waals surface area contributed by atoms with E-state index in [4.69, 9.17) is 5.11 Å². The molecule has 0 aromatic carbocycles. The summed E-state index contributed by atoms with van der Waals surface area (Å²) < 4.78 is 36.9. The Morgan fingerprint density at radius 2 is 2.00 bits per heavy atom. The number of rotatable bonds is 4. The number of carbonyl (C=O) groups is 1. The summed E-state index contributed by atoms with van der Waals surface area (Å²) in [5.41, 5.74) is -0.601. The van der Waals surface area contributed by atoms with E-state index in [-0.39, 0.29) is 17.9 Å². The van der Waals surface area contributed by atoms with Gasteiger partial charge in [0.1, 0.15) is 5.82 Å². The molecule has 6 nitrogen and oxygen atoms in total. The molecule has 0 amide bonds. The number of pyridine rings is 1. The lowest BCUT2D eigenvalue weighted by atomic mass is 10.2. The average molecular weight is 298 g/mol. The van der Waals surface area contributed by atoms with E-state index in [1.165, 1.54) is 18.3 Å². The molecular weight excluding hydrogens is 289 g/mol. The first-order chi connectivity index (χ1) is 9.86. The van der Waals surface area contributed by atoms with Gasteiger partial charge in [0.05, 0.1) is 17.8 Å². The predicted octanol–water partition coefficient (Wildman–Crippen LogP) is 2.20. The van der Waals surface area contributed by atoms with Crippen molar-refractivity contribution >= 4 is 11.8 Å². The molecule has 2 rings (SSSR count). The van der Waals surface area contributed by atoms with E-state index in [1.807, 2.05) is 0 Å². The van der Waals surface area contributed by atoms with E-state index in [2.05, 4.69) is 20.5 Å². The van der Waals surface area contributed by atoms with Gasteiger partial charge in [-0.25, -0.2) is 4.79 Å². The van der Waals surface area contributed by atoms with E-state index < -0.39 is 17.8 Å². The number of alkyl halides is 3. The van der Waals surface area contributed by atoms with Crippen molar-refractivity contribution in [2.45, 2.75) is 12.7 Å². The van der Waals surface area contributed by atoms with E-state index in [9.17, 15) is 18.0 Å². The second-order valence-electron chi connectivity index (χ2n) is 4.00. The molecule has 2 aromatic rings. The van der Waals surface area contributed by atoms with Crippen LogP contribution in [-0.4, -0.2) is 26.3 Å². The van der Waals surface area contributed by atoms with Crippen molar-refractivity contribution in [2.24, 2.45) is 0 Å². The Morgan fingerprint density at radius 3 is 2.57 bits per heavy atom. The molecule has 0 spiro atoms. The fourth-order valence-electron chi connectivity index (χ4n) is 1.47. The molecule has 0 fully saturated rings. The molecule has 2 aromatic heterocycles. The summed E-state index contributed by atoms with van der Waals surface area (Å²) in [6, 6.07) is 4.63. The first-order valence-electron chi connectivity index (χ1n) is 5.69. The number of anilines is 1. The molecule has 0 unspecified atom stereocenters. The van der Waals surface area contributed by atoms with Crippen molar-refractivity contribution in [1.82, 2.24) is 15.2 Å². The van der Waals surface area contributed by atoms with E-state index >= 15 is 0 Å². The van der Waals surface area contributed by atoms with Gasteiger partial charge in [-0.3, -0.25) is 4.98 Å². The van der Waals surface area contributed by atoms with Gasteiger partial charge < -0.3 is 10.4 Å². The normalized spacial score (nSPS) is 11.2. The molecule has 0 saturated carbocycles. The zero-order valence-electron chi connectivity index (χ0n) is 10.4. The highest BCUT2D eigenvalue weighted by Gasteiger charge is 2.32. The minimum atomic E-state index is -4.54. The van der Waals surface area contributed by atoms with Gasteiger partial charge in [-0.1, -0.05) is 0 Å². The summed E-state index contributed by atoms with van der Waals surface area (Å²) in [6.45, 7) is 0.112. The molecule has 21 heavy (non-hydrogen) atoms. The summed E-state index contributed by atoms with van der Waals surface area (Å²) in [7, 11) is 0. The highest BCUT2D eigenvalue weighted by molar-refractivity contribution is 5.87. The average Bonchev–Trinajstić information content (AvgIpc) is 2.45. The lowest BCUT2D eigenvalue weighted by molar-refractivity contribution is -0.141. The molecule has 0 radical (unpaired) electrons. The zero-order chi connectivity index (χ0) is 15.5. The van der Waals surface area contributed by atoms with Crippen LogP contribution in [0.15, 0.2) is 30.5 Å². The summed E-state index contributed by atoms with van der Waals surface area (Å²) in [5.74, 6) is -0.960. The highest BCUT2D eigenvalue weighted by Crippen LogP contribution is 2.27. The van der Waals surface area contributed by atoms with Crippen molar-refractivity contribution < 1.29 is 23.1 Å². The van der Waals surface area contributed by atoms with Crippen molar-refractivity contribution in [3.05, 3.63) is 47.4 Å². The van der Waals surface area contributed by atoms with Gasteiger partial charge >= 0.3 is 12.1 Å². The lowest BCUT2D eigenvalue weighted by Gasteiger charge is -2.07. The standard InChI is InChI=1S/C12H9F3N4O2/c13-12(14,15)9-1-2-10(19-18-9)17-6-8-5-7(11(20)21)3-4-16-8/h1-5H,6H2,(H,17,19)(H,20,21). The molecule has 2 heterocycles. The predicted molar refractivity (Wildman–Crippen MR) is 65.6 cm³/mol. The highest BCUT2D eigenvalue weighted by atomic mass is 19.4. The fourth-order valence-corrected chi connectivity index (χ4v) is 1.47. The maximum atomic E-state index is 12.3. The topological polar surface area (TPSA) is 88.0 Å². The molecule has 0 atom stereocenters. The summed E-state index contributed by atoms with van der Waals surface area (Å²) >= 11 is 0. The lowest BCUT2D eigenvalue weighted by Crippen LogP contribution is -2.11. The Balaban J connectivity index is 2.03. The Bertz CT molecular complexity index is 644. The molecule has 0 aliphatic rings. The van der Waals surface area contributed by atoms with Crippen LogP contribution in [0.2, 0.25) is 0 Å². The Kier molecular flexibility index (Phi) is 4.01. The SMILES string of the molecule is O=C(O)c1ccnc(CNc2ccc(C(F)(F)F)nn2)c1. The molecule has 0 aliphatic carbocycles. The number of carboxylic acid groups (broad SMARTS) is 1. The van der Waals surface area contributed by atoms with Crippen LogP contribution in [-0.2, 0) is 12.7 Å². The Labute approximate surface area is 116 Å². The van der Waals surface area contributed by atoms with E-state index in [1.54, 1.807) is 0 Å². The summed E-state index contributed by atoms with van der Waals surface area (Å²) in [6.07, 6.45) is -3.21. The molecule has 9 heteroatoms. The second kappa shape index (κ2) is 5.73. The monoisotopic (exact) mass is 298 g/mol. The smallest absolute Gasteiger partial charge is 0.435 e. The zero-order valence-corrected chi connectivity index (χ0v) is 10.4. The number of carboxylic acids is 1. The molecular formula is C12H9F3N4O2. The van der Waals surface area contributed by atoms with Crippen LogP contribution >= 0.6 is 0 Å². The van der Waals surface area contributed by atoms with Gasteiger partial charge in [0.25, 0.3) is 0 Å². The van der Waals surface area contributed by atoms with Gasteiger partial charge in [0, 0.05) is 6.20 Å². The van der Waals surface area contributed by atoms with Gasteiger partial charge in [-0.05, 0) is 24.3 Å². The number of nitrogens with zero attached hydrogens (tertiary/aromatic N) is 3. The Hall–Kier alpha value is -2.71. The van der Waals surface area contributed by atoms with Crippen molar-refractivity contribution in [3.63, 3.8) is 0 Å². The number of hydrogen-bond acceptors (Lipinski definition) is 5. The number of aromatic nitrogens is 3. The number of hydrogen-bond donors (Lipinski definition) is 2.